The molecule has 0 aliphatic rings. The van der Waals surface area contributed by atoms with Gasteiger partial charge in [0.1, 0.15) is 0 Å². The summed E-state index contributed by atoms with van der Waals surface area (Å²) in [6.45, 7) is 0. The van der Waals surface area contributed by atoms with E-state index in [0.29, 0.717) is 0 Å². The Morgan fingerprint density at radius 1 is 1.17 bits per heavy atom. The van der Waals surface area contributed by atoms with Crippen molar-refractivity contribution in [1.29, 1.82) is 0 Å². The summed E-state index contributed by atoms with van der Waals surface area (Å²) in [5.74, 6) is 0. The average molecular weight is 218 g/mol. The van der Waals surface area contributed by atoms with Crippen LogP contribution in [0.25, 0.3) is 0 Å². The molecule has 0 aliphatic carbocycles. The highest BCUT2D eigenvalue weighted by Crippen LogP contribution is 2.25. The Labute approximate surface area is 64.4 Å². The van der Waals surface area contributed by atoms with Gasteiger partial charge >= 0.3 is 21.8 Å². The second-order valence-corrected chi connectivity index (χ2v) is 2.82. The summed E-state index contributed by atoms with van der Waals surface area (Å²) in [4.78, 5) is 0. The van der Waals surface area contributed by atoms with Gasteiger partial charge in [0.25, 0.3) is 0 Å². The zero-order valence-electron chi connectivity index (χ0n) is 5.26. The maximum atomic E-state index is 11.5. The standard InChI is InChI=1S/C2H2F4O3S.2H2O/c3-1(2(4,5)6)10(7,8)9;;/h1H,(H,7,8,9);2*1H2. The molecule has 0 heterocycles. The normalized spacial score (nSPS) is 14.1. The minimum atomic E-state index is -5.65. The molecule has 0 saturated carbocycles. The van der Waals surface area contributed by atoms with Crippen molar-refractivity contribution in [2.75, 3.05) is 0 Å². The van der Waals surface area contributed by atoms with Crippen LogP contribution in [-0.4, -0.2) is 35.6 Å². The number of rotatable bonds is 1. The molecule has 0 aliphatic heterocycles. The molecule has 0 spiro atoms. The first-order valence-electron chi connectivity index (χ1n) is 1.83. The molecule has 0 fully saturated rings. The predicted octanol–water partition coefficient (Wildman–Crippen LogP) is -0.917. The summed E-state index contributed by atoms with van der Waals surface area (Å²) in [6, 6.07) is 0. The lowest BCUT2D eigenvalue weighted by molar-refractivity contribution is -0.157. The van der Waals surface area contributed by atoms with Gasteiger partial charge in [-0.15, -0.1) is 0 Å². The lowest BCUT2D eigenvalue weighted by Gasteiger charge is -2.07. The van der Waals surface area contributed by atoms with E-state index in [1.54, 1.807) is 0 Å². The van der Waals surface area contributed by atoms with Gasteiger partial charge in [0.05, 0.1) is 0 Å². The molecule has 78 valence electrons. The van der Waals surface area contributed by atoms with E-state index in [2.05, 4.69) is 0 Å². The van der Waals surface area contributed by atoms with Crippen molar-refractivity contribution in [3.05, 3.63) is 0 Å². The van der Waals surface area contributed by atoms with Crippen LogP contribution >= 0.6 is 0 Å². The third-order valence-corrected chi connectivity index (χ3v) is 1.31. The van der Waals surface area contributed by atoms with E-state index in [1.165, 1.54) is 0 Å². The van der Waals surface area contributed by atoms with Gasteiger partial charge in [-0.1, -0.05) is 0 Å². The van der Waals surface area contributed by atoms with Crippen molar-refractivity contribution in [1.82, 2.24) is 0 Å². The van der Waals surface area contributed by atoms with Crippen LogP contribution in [0.3, 0.4) is 0 Å². The maximum Gasteiger partial charge on any atom is 0.436 e. The van der Waals surface area contributed by atoms with Crippen LogP contribution in [-0.2, 0) is 10.1 Å². The van der Waals surface area contributed by atoms with Crippen molar-refractivity contribution in [3.8, 4) is 0 Å². The minimum absolute atomic E-state index is 0. The van der Waals surface area contributed by atoms with E-state index in [4.69, 9.17) is 4.55 Å². The second kappa shape index (κ2) is 4.54. The highest BCUT2D eigenvalue weighted by atomic mass is 32.2. The second-order valence-electron chi connectivity index (χ2n) is 1.37. The Kier molecular flexibility index (Phi) is 6.66. The number of hydrogen-bond acceptors (Lipinski definition) is 2. The SMILES string of the molecule is O.O.O=S(=O)(O)C(F)C(F)(F)F. The van der Waals surface area contributed by atoms with Crippen LogP contribution in [0.4, 0.5) is 17.6 Å². The smallest absolute Gasteiger partial charge is 0.412 e. The Bertz CT molecular complexity index is 206. The van der Waals surface area contributed by atoms with E-state index >= 15 is 0 Å². The van der Waals surface area contributed by atoms with Crippen LogP contribution in [0.2, 0.25) is 0 Å². The first-order chi connectivity index (χ1) is 4.15. The van der Waals surface area contributed by atoms with E-state index in [-0.39, 0.29) is 11.0 Å². The van der Waals surface area contributed by atoms with E-state index in [0.717, 1.165) is 0 Å². The van der Waals surface area contributed by atoms with Crippen LogP contribution < -0.4 is 0 Å². The monoisotopic (exact) mass is 218 g/mol. The van der Waals surface area contributed by atoms with Gasteiger partial charge in [-0.05, 0) is 0 Å². The zero-order chi connectivity index (χ0) is 8.58. The Morgan fingerprint density at radius 2 is 1.42 bits per heavy atom. The first kappa shape index (κ1) is 17.6. The Hall–Kier alpha value is -0.450. The highest BCUT2D eigenvalue weighted by molar-refractivity contribution is 7.86. The summed E-state index contributed by atoms with van der Waals surface area (Å²) in [5.41, 5.74) is -4.21. The van der Waals surface area contributed by atoms with E-state index < -0.39 is 21.8 Å². The molecule has 0 aromatic heterocycles. The van der Waals surface area contributed by atoms with Crippen LogP contribution in [0.15, 0.2) is 0 Å². The molecule has 0 saturated heterocycles. The van der Waals surface area contributed by atoms with Crippen molar-refractivity contribution >= 4 is 10.1 Å². The molecule has 1 atom stereocenters. The number of halogens is 4. The summed E-state index contributed by atoms with van der Waals surface area (Å²) in [6.07, 6.45) is -5.56. The lowest BCUT2D eigenvalue weighted by atomic mass is 10.7. The lowest BCUT2D eigenvalue weighted by Crippen LogP contribution is -2.31. The molecule has 0 aromatic carbocycles. The fourth-order valence-electron chi connectivity index (χ4n) is 0.169. The van der Waals surface area contributed by atoms with Crippen LogP contribution in [0.5, 0.6) is 0 Å². The third-order valence-electron chi connectivity index (χ3n) is 0.519. The molecule has 10 heteroatoms. The minimum Gasteiger partial charge on any atom is -0.412 e. The summed E-state index contributed by atoms with van der Waals surface area (Å²) in [7, 11) is -5.65. The van der Waals surface area contributed by atoms with E-state index in [1.807, 2.05) is 0 Å². The molecule has 5 N–H and O–H groups in total. The molecule has 5 nitrogen and oxygen atoms in total. The molecular weight excluding hydrogens is 212 g/mol. The molecule has 0 amide bonds. The van der Waals surface area contributed by atoms with Gasteiger partial charge in [-0.25, -0.2) is 4.39 Å². The van der Waals surface area contributed by atoms with Crippen molar-refractivity contribution < 1.29 is 41.5 Å². The molecular formula is C2H6F4O5S. The third kappa shape index (κ3) is 5.23. The largest absolute Gasteiger partial charge is 0.436 e. The van der Waals surface area contributed by atoms with Gasteiger partial charge in [0.2, 0.25) is 0 Å². The van der Waals surface area contributed by atoms with Gasteiger partial charge in [-0.3, -0.25) is 4.55 Å². The van der Waals surface area contributed by atoms with Crippen LogP contribution in [0.1, 0.15) is 0 Å². The highest BCUT2D eigenvalue weighted by Gasteiger charge is 2.49. The van der Waals surface area contributed by atoms with Crippen LogP contribution in [0, 0.1) is 0 Å². The maximum absolute atomic E-state index is 11.5. The Balaban J connectivity index is -0.000000405. The van der Waals surface area contributed by atoms with Gasteiger partial charge in [-0.2, -0.15) is 21.6 Å². The fraction of sp³-hybridized carbons (Fsp3) is 1.00. The van der Waals surface area contributed by atoms with Crippen molar-refractivity contribution in [3.63, 3.8) is 0 Å². The summed E-state index contributed by atoms with van der Waals surface area (Å²) in [5, 5.41) is 0. The molecule has 0 bridgehead atoms. The van der Waals surface area contributed by atoms with E-state index in [9.17, 15) is 26.0 Å². The Morgan fingerprint density at radius 3 is 1.42 bits per heavy atom. The fourth-order valence-corrected chi connectivity index (χ4v) is 0.507. The summed E-state index contributed by atoms with van der Waals surface area (Å²) >= 11 is 0. The summed E-state index contributed by atoms with van der Waals surface area (Å²) < 4.78 is 70.9. The van der Waals surface area contributed by atoms with Gasteiger partial charge in [0, 0.05) is 0 Å². The predicted molar refractivity (Wildman–Crippen MR) is 29.7 cm³/mol. The molecule has 0 radical (unpaired) electrons. The molecule has 1 unspecified atom stereocenters. The first-order valence-corrected chi connectivity index (χ1v) is 3.33. The van der Waals surface area contributed by atoms with Gasteiger partial charge < -0.3 is 11.0 Å². The zero-order valence-corrected chi connectivity index (χ0v) is 6.08. The number of alkyl halides is 4. The van der Waals surface area contributed by atoms with Gasteiger partial charge in [0.15, 0.2) is 0 Å². The topological polar surface area (TPSA) is 117 Å². The quantitative estimate of drug-likeness (QED) is 0.453. The average Bonchev–Trinajstić information content (AvgIpc) is 1.59. The molecule has 0 aromatic rings. The molecule has 12 heavy (non-hydrogen) atoms. The van der Waals surface area contributed by atoms with Crippen molar-refractivity contribution in [2.45, 2.75) is 11.7 Å². The number of hydrogen-bond donors (Lipinski definition) is 1. The van der Waals surface area contributed by atoms with Crippen molar-refractivity contribution in [2.24, 2.45) is 0 Å². The molecule has 0 rings (SSSR count).